The van der Waals surface area contributed by atoms with E-state index < -0.39 is 40.9 Å². The zero-order valence-electron chi connectivity index (χ0n) is 61.6. The first-order chi connectivity index (χ1) is 44.1. The zero-order valence-corrected chi connectivity index (χ0v) is 64.0. The molecule has 0 amide bonds. The number of nitrogens with zero attached hydrogens (tertiary/aromatic N) is 1. The fraction of sp³-hybridized carbons (Fsp3) is 0.544. The van der Waals surface area contributed by atoms with Gasteiger partial charge >= 0.3 is 0 Å². The molecule has 8 rings (SSSR count). The minimum Gasteiger partial charge on any atom is -0.493 e. The monoisotopic (exact) mass is 1370 g/mol. The van der Waals surface area contributed by atoms with Crippen molar-refractivity contribution in [2.75, 3.05) is 40.5 Å². The molecule has 1 aliphatic heterocycles. The fourth-order valence-corrected chi connectivity index (χ4v) is 14.7. The van der Waals surface area contributed by atoms with Crippen molar-refractivity contribution >= 4 is 29.7 Å². The average molecular weight is 1370 g/mol. The molecule has 0 bridgehead atoms. The van der Waals surface area contributed by atoms with Crippen LogP contribution in [0.4, 0.5) is 4.39 Å². The van der Waals surface area contributed by atoms with Gasteiger partial charge in [-0.1, -0.05) is 169 Å². The number of rotatable bonds is 20. The quantitative estimate of drug-likeness (QED) is 0.0696. The van der Waals surface area contributed by atoms with E-state index in [1.807, 2.05) is 76.2 Å². The van der Waals surface area contributed by atoms with Crippen LogP contribution < -0.4 is 9.47 Å². The summed E-state index contributed by atoms with van der Waals surface area (Å²) in [5, 5.41) is 19.3. The lowest BCUT2D eigenvalue weighted by molar-refractivity contribution is 0.0444. The molecule has 6 aromatic carbocycles. The van der Waals surface area contributed by atoms with Crippen molar-refractivity contribution in [1.82, 2.24) is 4.31 Å². The Bertz CT molecular complexity index is 3630. The van der Waals surface area contributed by atoms with Gasteiger partial charge in [0.1, 0.15) is 12.4 Å². The number of aliphatic hydroxyl groups is 2. The van der Waals surface area contributed by atoms with E-state index in [0.29, 0.717) is 88.5 Å². The topological polar surface area (TPSA) is 174 Å². The first-order valence-corrected chi connectivity index (χ1v) is 38.6. The molecule has 95 heavy (non-hydrogen) atoms. The van der Waals surface area contributed by atoms with E-state index in [2.05, 4.69) is 99.6 Å². The van der Waals surface area contributed by atoms with Crippen LogP contribution in [0, 0.1) is 19.7 Å². The second kappa shape index (κ2) is 38.0. The molecule has 16 heteroatoms. The van der Waals surface area contributed by atoms with Gasteiger partial charge in [-0.25, -0.2) is 29.6 Å². The van der Waals surface area contributed by atoms with E-state index in [9.17, 15) is 39.9 Å². The summed E-state index contributed by atoms with van der Waals surface area (Å²) < 4.78 is 103. The molecule has 530 valence electrons. The van der Waals surface area contributed by atoms with E-state index in [-0.39, 0.29) is 16.3 Å². The average Bonchev–Trinajstić information content (AvgIpc) is 1.76. The molecule has 0 spiro atoms. The molecule has 0 unspecified atom stereocenters. The summed E-state index contributed by atoms with van der Waals surface area (Å²) in [5.41, 5.74) is 9.33. The van der Waals surface area contributed by atoms with Crippen LogP contribution in [0.3, 0.4) is 0 Å². The molecule has 2 N–H and O–H groups in total. The maximum Gasteiger partial charge on any atom is 0.243 e. The molecule has 6 aromatic rings. The summed E-state index contributed by atoms with van der Waals surface area (Å²) >= 11 is 0. The molecule has 2 aliphatic rings. The Balaban J connectivity index is 0.000000297. The molecule has 1 saturated carbocycles. The highest BCUT2D eigenvalue weighted by atomic mass is 32.2. The number of halogens is 1. The lowest BCUT2D eigenvalue weighted by Gasteiger charge is -2.23. The predicted molar refractivity (Wildman–Crippen MR) is 392 cm³/mol. The van der Waals surface area contributed by atoms with E-state index in [4.69, 9.17) is 14.2 Å². The molecule has 1 aliphatic carbocycles. The minimum atomic E-state index is -3.25. The first kappa shape index (κ1) is 83.8. The van der Waals surface area contributed by atoms with Crippen LogP contribution in [0.1, 0.15) is 254 Å². The van der Waals surface area contributed by atoms with E-state index >= 15 is 0 Å². The molecular weight excluding hydrogens is 1250 g/mol. The Morgan fingerprint density at radius 2 is 0.958 bits per heavy atom. The van der Waals surface area contributed by atoms with Crippen molar-refractivity contribution in [2.45, 2.75) is 255 Å². The maximum atomic E-state index is 13.6. The van der Waals surface area contributed by atoms with Gasteiger partial charge < -0.3 is 24.4 Å². The number of sulfonamides is 1. The van der Waals surface area contributed by atoms with Crippen molar-refractivity contribution in [1.29, 1.82) is 0 Å². The summed E-state index contributed by atoms with van der Waals surface area (Å²) in [6, 6.07) is 38.1. The Kier molecular flexibility index (Phi) is 33.5. The summed E-state index contributed by atoms with van der Waals surface area (Å²) in [4.78, 5) is 1.32. The number of sulfone groups is 2. The number of aryl methyl sites for hydroxylation is 2. The Morgan fingerprint density at radius 3 is 1.39 bits per heavy atom. The third-order valence-electron chi connectivity index (χ3n) is 17.2. The first-order valence-electron chi connectivity index (χ1n) is 34.1. The van der Waals surface area contributed by atoms with Crippen molar-refractivity contribution in [3.05, 3.63) is 183 Å². The molecule has 0 atom stereocenters. The SMILES string of the molecule is CC(C)c1ccc(C2(O)CCCC2)cc1.CC(C)c1ccc(CC(C)(C)O)c(F)c1.CC(C)c1ccc(S(=O)(=O)N2CCCC2)cc1.COCCOc1ccc(C(C)C)cc1OC.Cc1cc(C(C)C)ccc1S(=O)(=O)C(C)C.Cc1cc(S(=O)(=O)C(C)C)ccc1C(C)C. The Morgan fingerprint density at radius 1 is 0.505 bits per heavy atom. The lowest BCUT2D eigenvalue weighted by atomic mass is 9.90. The van der Waals surface area contributed by atoms with Crippen LogP contribution in [0.25, 0.3) is 0 Å². The van der Waals surface area contributed by atoms with Crippen molar-refractivity contribution in [2.24, 2.45) is 0 Å². The predicted octanol–water partition coefficient (Wildman–Crippen LogP) is 18.9. The summed E-state index contributed by atoms with van der Waals surface area (Å²) in [6.45, 7) is 41.9. The molecule has 0 aromatic heterocycles. The molecule has 1 heterocycles. The molecule has 0 radical (unpaired) electrons. The lowest BCUT2D eigenvalue weighted by Crippen LogP contribution is -2.27. The third-order valence-corrected chi connectivity index (χ3v) is 23.5. The van der Waals surface area contributed by atoms with Gasteiger partial charge in [-0.2, -0.15) is 4.31 Å². The number of benzene rings is 6. The van der Waals surface area contributed by atoms with E-state index in [0.717, 1.165) is 72.3 Å². The van der Waals surface area contributed by atoms with Crippen LogP contribution in [0.15, 0.2) is 136 Å². The van der Waals surface area contributed by atoms with Crippen LogP contribution in [-0.4, -0.2) is 96.4 Å². The highest BCUT2D eigenvalue weighted by molar-refractivity contribution is 7.92. The largest absolute Gasteiger partial charge is 0.493 e. The highest BCUT2D eigenvalue weighted by Gasteiger charge is 2.33. The summed E-state index contributed by atoms with van der Waals surface area (Å²) in [7, 11) is -6.23. The molecule has 12 nitrogen and oxygen atoms in total. The summed E-state index contributed by atoms with van der Waals surface area (Å²) in [5.74, 6) is 3.99. The Labute approximate surface area is 574 Å². The summed E-state index contributed by atoms with van der Waals surface area (Å²) in [6.07, 6.45) is 6.46. The second-order valence-corrected chi connectivity index (χ2v) is 35.2. The smallest absolute Gasteiger partial charge is 0.243 e. The van der Waals surface area contributed by atoms with Gasteiger partial charge in [-0.3, -0.25) is 0 Å². The van der Waals surface area contributed by atoms with Crippen molar-refractivity contribution in [3.8, 4) is 11.5 Å². The second-order valence-electron chi connectivity index (χ2n) is 28.3. The van der Waals surface area contributed by atoms with Crippen LogP contribution >= 0.6 is 0 Å². The van der Waals surface area contributed by atoms with Gasteiger partial charge in [0.2, 0.25) is 10.0 Å². The third kappa shape index (κ3) is 25.7. The highest BCUT2D eigenvalue weighted by Crippen LogP contribution is 2.39. The van der Waals surface area contributed by atoms with Crippen molar-refractivity contribution < 1.29 is 54.1 Å². The standard InChI is InChI=1S/C14H20O.C13H19FO.C13H19NO2S.C13H20O3.2C13H20O2S/c1-11(2)12-5-7-13(8-6-12)14(15)9-3-4-10-14;1-9(2)10-5-6-11(12(14)7-10)8-13(3,4)15;1-11(2)12-5-7-13(8-6-12)17(15,16)14-9-3-4-10-14;1-10(2)11-5-6-12(13(9-11)15-4)16-8-7-14-3;1-9(2)13-7-6-12(8-11(13)5)16(14,15)10(3)4;1-9(2)12-6-7-13(11(5)8-12)16(14,15)10(3)4/h5-8,11,15H,3-4,9-10H2,1-2H3;5-7,9,15H,8H2,1-4H3;5-8,11H,3-4,9-10H2,1-2H3;5-6,9-10H,7-8H2,1-4H3;2*6-10H,1-5H3. The molecule has 2 fully saturated rings. The van der Waals surface area contributed by atoms with Gasteiger partial charge in [0, 0.05) is 26.6 Å². The number of ether oxygens (including phenoxy) is 3. The van der Waals surface area contributed by atoms with Crippen LogP contribution in [0.2, 0.25) is 0 Å². The normalized spacial score (nSPS) is 14.2. The van der Waals surface area contributed by atoms with E-state index in [1.165, 1.54) is 27.8 Å². The van der Waals surface area contributed by atoms with Gasteiger partial charge in [0.25, 0.3) is 0 Å². The maximum absolute atomic E-state index is 13.6. The number of hydrogen-bond donors (Lipinski definition) is 2. The van der Waals surface area contributed by atoms with Gasteiger partial charge in [-0.05, 0) is 221 Å². The van der Waals surface area contributed by atoms with Gasteiger partial charge in [0.05, 0.1) is 50.1 Å². The fourth-order valence-electron chi connectivity index (χ4n) is 10.8. The number of methoxy groups -OCH3 is 2. The van der Waals surface area contributed by atoms with Crippen molar-refractivity contribution in [3.63, 3.8) is 0 Å². The van der Waals surface area contributed by atoms with Crippen LogP contribution in [-0.2, 0) is 46.5 Å². The zero-order chi connectivity index (χ0) is 72.0. The van der Waals surface area contributed by atoms with E-state index in [1.54, 1.807) is 103 Å². The minimum absolute atomic E-state index is 0.219. The number of hydrogen-bond acceptors (Lipinski definition) is 11. The van der Waals surface area contributed by atoms with Gasteiger partial charge in [-0.15, -0.1) is 0 Å². The Hall–Kier alpha value is -5.46. The molecule has 1 saturated heterocycles. The molecular formula is C79H118FNO11S3. The van der Waals surface area contributed by atoms with Crippen LogP contribution in [0.5, 0.6) is 11.5 Å². The van der Waals surface area contributed by atoms with Gasteiger partial charge in [0.15, 0.2) is 31.2 Å².